The van der Waals surface area contributed by atoms with Gasteiger partial charge in [0.05, 0.1) is 12.7 Å². The Balaban J connectivity index is 1.62. The summed E-state index contributed by atoms with van der Waals surface area (Å²) in [4.78, 5) is 0. The summed E-state index contributed by atoms with van der Waals surface area (Å²) in [6.07, 6.45) is 6.36. The molecule has 2 rings (SSSR count). The highest BCUT2D eigenvalue weighted by atomic mass is 16.5. The van der Waals surface area contributed by atoms with Crippen LogP contribution in [0.3, 0.4) is 0 Å². The number of hydrogen-bond donors (Lipinski definition) is 1. The van der Waals surface area contributed by atoms with Crippen LogP contribution in [0.5, 0.6) is 5.75 Å². The first-order chi connectivity index (χ1) is 9.38. The van der Waals surface area contributed by atoms with E-state index in [1.54, 1.807) is 0 Å². The maximum absolute atomic E-state index is 5.61. The van der Waals surface area contributed by atoms with Gasteiger partial charge >= 0.3 is 0 Å². The lowest BCUT2D eigenvalue weighted by Crippen LogP contribution is -2.09. The smallest absolute Gasteiger partial charge is 0.119 e. The summed E-state index contributed by atoms with van der Waals surface area (Å²) in [5, 5.41) is 3.44. The molecule has 1 aliphatic heterocycles. The largest absolute Gasteiger partial charge is 0.494 e. The van der Waals surface area contributed by atoms with Crippen LogP contribution in [-0.2, 0) is 4.74 Å². The van der Waals surface area contributed by atoms with Crippen molar-refractivity contribution in [2.24, 2.45) is 0 Å². The van der Waals surface area contributed by atoms with Gasteiger partial charge in [0.25, 0.3) is 0 Å². The predicted octanol–water partition coefficient (Wildman–Crippen LogP) is 3.85. The first-order valence-corrected chi connectivity index (χ1v) is 7.47. The minimum Gasteiger partial charge on any atom is -0.494 e. The van der Waals surface area contributed by atoms with E-state index in [-0.39, 0.29) is 0 Å². The molecule has 1 aromatic carbocycles. The molecule has 0 aliphatic carbocycles. The Morgan fingerprint density at radius 2 is 2.16 bits per heavy atom. The molecule has 3 heteroatoms. The second-order valence-corrected chi connectivity index (χ2v) is 5.08. The summed E-state index contributed by atoms with van der Waals surface area (Å²) in [7, 11) is 0. The Morgan fingerprint density at radius 3 is 2.84 bits per heavy atom. The standard InChI is InChI=1S/C16H25NO2/c1-2-12-18-16-9-7-14(8-10-16)17-11-3-5-15-6-4-13-19-15/h7-10,15,17H,2-6,11-13H2,1H3. The molecule has 0 aromatic heterocycles. The quantitative estimate of drug-likeness (QED) is 0.723. The highest BCUT2D eigenvalue weighted by Gasteiger charge is 2.14. The van der Waals surface area contributed by atoms with Gasteiger partial charge in [0.2, 0.25) is 0 Å². The summed E-state index contributed by atoms with van der Waals surface area (Å²) in [6.45, 7) is 4.87. The Bertz CT molecular complexity index is 344. The van der Waals surface area contributed by atoms with Crippen molar-refractivity contribution in [2.45, 2.75) is 45.1 Å². The Labute approximate surface area is 116 Å². The fraction of sp³-hybridized carbons (Fsp3) is 0.625. The van der Waals surface area contributed by atoms with E-state index >= 15 is 0 Å². The Kier molecular flexibility index (Phi) is 6.02. The Hall–Kier alpha value is -1.22. The lowest BCUT2D eigenvalue weighted by Gasteiger charge is -2.11. The van der Waals surface area contributed by atoms with Gasteiger partial charge in [-0.25, -0.2) is 0 Å². The molecule has 0 spiro atoms. The summed E-state index contributed by atoms with van der Waals surface area (Å²) in [5.74, 6) is 0.951. The van der Waals surface area contributed by atoms with Gasteiger partial charge < -0.3 is 14.8 Å². The van der Waals surface area contributed by atoms with Gasteiger partial charge in [0.15, 0.2) is 0 Å². The minimum atomic E-state index is 0.506. The second-order valence-electron chi connectivity index (χ2n) is 5.08. The van der Waals surface area contributed by atoms with Crippen LogP contribution in [0.25, 0.3) is 0 Å². The van der Waals surface area contributed by atoms with E-state index < -0.39 is 0 Å². The van der Waals surface area contributed by atoms with Crippen molar-refractivity contribution in [3.63, 3.8) is 0 Å². The molecule has 1 fully saturated rings. The zero-order valence-electron chi connectivity index (χ0n) is 11.9. The molecule has 0 amide bonds. The molecule has 1 aromatic rings. The van der Waals surface area contributed by atoms with Crippen LogP contribution < -0.4 is 10.1 Å². The van der Waals surface area contributed by atoms with Crippen molar-refractivity contribution < 1.29 is 9.47 Å². The monoisotopic (exact) mass is 263 g/mol. The molecule has 1 atom stereocenters. The van der Waals surface area contributed by atoms with E-state index in [0.29, 0.717) is 6.10 Å². The van der Waals surface area contributed by atoms with Crippen molar-refractivity contribution in [3.05, 3.63) is 24.3 Å². The third-order valence-corrected chi connectivity index (χ3v) is 3.38. The maximum atomic E-state index is 5.61. The first-order valence-electron chi connectivity index (χ1n) is 7.47. The van der Waals surface area contributed by atoms with Crippen molar-refractivity contribution in [1.82, 2.24) is 0 Å². The molecule has 0 saturated carbocycles. The molecule has 0 bridgehead atoms. The molecule has 19 heavy (non-hydrogen) atoms. The number of rotatable bonds is 8. The SMILES string of the molecule is CCCOc1ccc(NCCCC2CCCO2)cc1. The van der Waals surface area contributed by atoms with E-state index in [9.17, 15) is 0 Å². The first kappa shape index (κ1) is 14.2. The van der Waals surface area contributed by atoms with E-state index in [1.807, 2.05) is 12.1 Å². The van der Waals surface area contributed by atoms with Crippen LogP contribution >= 0.6 is 0 Å². The van der Waals surface area contributed by atoms with Crippen molar-refractivity contribution in [1.29, 1.82) is 0 Å². The average Bonchev–Trinajstić information content (AvgIpc) is 2.96. The molecule has 1 aliphatic rings. The van der Waals surface area contributed by atoms with Gasteiger partial charge in [0, 0.05) is 18.8 Å². The highest BCUT2D eigenvalue weighted by Crippen LogP contribution is 2.18. The maximum Gasteiger partial charge on any atom is 0.119 e. The van der Waals surface area contributed by atoms with Crippen molar-refractivity contribution >= 4 is 5.69 Å². The minimum absolute atomic E-state index is 0.506. The molecule has 1 saturated heterocycles. The fourth-order valence-electron chi connectivity index (χ4n) is 2.32. The van der Waals surface area contributed by atoms with Crippen molar-refractivity contribution in [3.8, 4) is 5.75 Å². The van der Waals surface area contributed by atoms with Gasteiger partial charge in [-0.3, -0.25) is 0 Å². The molecule has 1 heterocycles. The van der Waals surface area contributed by atoms with E-state index in [2.05, 4.69) is 24.4 Å². The van der Waals surface area contributed by atoms with Crippen LogP contribution in [-0.4, -0.2) is 25.9 Å². The summed E-state index contributed by atoms with van der Waals surface area (Å²) in [6, 6.07) is 8.21. The third-order valence-electron chi connectivity index (χ3n) is 3.38. The third kappa shape index (κ3) is 5.11. The van der Waals surface area contributed by atoms with Crippen LogP contribution in [0, 0.1) is 0 Å². The molecular weight excluding hydrogens is 238 g/mol. The second kappa shape index (κ2) is 8.05. The summed E-state index contributed by atoms with van der Waals surface area (Å²) >= 11 is 0. The molecule has 3 nitrogen and oxygen atoms in total. The molecular formula is C16H25NO2. The van der Waals surface area contributed by atoms with E-state index in [0.717, 1.165) is 37.6 Å². The lowest BCUT2D eigenvalue weighted by molar-refractivity contribution is 0.103. The topological polar surface area (TPSA) is 30.5 Å². The predicted molar refractivity (Wildman–Crippen MR) is 78.9 cm³/mol. The highest BCUT2D eigenvalue weighted by molar-refractivity contribution is 5.46. The number of nitrogens with one attached hydrogen (secondary N) is 1. The summed E-state index contributed by atoms with van der Waals surface area (Å²) in [5.41, 5.74) is 1.16. The van der Waals surface area contributed by atoms with Gasteiger partial charge in [-0.1, -0.05) is 6.92 Å². The van der Waals surface area contributed by atoms with E-state index in [4.69, 9.17) is 9.47 Å². The number of hydrogen-bond acceptors (Lipinski definition) is 3. The molecule has 1 N–H and O–H groups in total. The molecule has 106 valence electrons. The molecule has 1 unspecified atom stereocenters. The van der Waals surface area contributed by atoms with Crippen LogP contribution in [0.1, 0.15) is 39.0 Å². The van der Waals surface area contributed by atoms with Crippen LogP contribution in [0.15, 0.2) is 24.3 Å². The number of ether oxygens (including phenoxy) is 2. The van der Waals surface area contributed by atoms with E-state index in [1.165, 1.54) is 25.7 Å². The molecule has 0 radical (unpaired) electrons. The Morgan fingerprint density at radius 1 is 1.32 bits per heavy atom. The normalized spacial score (nSPS) is 18.5. The zero-order valence-corrected chi connectivity index (χ0v) is 11.9. The number of anilines is 1. The van der Waals surface area contributed by atoms with Gasteiger partial charge in [-0.15, -0.1) is 0 Å². The van der Waals surface area contributed by atoms with Crippen LogP contribution in [0.4, 0.5) is 5.69 Å². The van der Waals surface area contributed by atoms with Gasteiger partial charge in [-0.05, 0) is 56.4 Å². The summed E-state index contributed by atoms with van der Waals surface area (Å²) < 4.78 is 11.2. The fourth-order valence-corrected chi connectivity index (χ4v) is 2.32. The lowest BCUT2D eigenvalue weighted by atomic mass is 10.1. The van der Waals surface area contributed by atoms with Gasteiger partial charge in [-0.2, -0.15) is 0 Å². The van der Waals surface area contributed by atoms with Crippen molar-refractivity contribution in [2.75, 3.05) is 25.1 Å². The van der Waals surface area contributed by atoms with Gasteiger partial charge in [0.1, 0.15) is 5.75 Å². The van der Waals surface area contributed by atoms with Crippen LogP contribution in [0.2, 0.25) is 0 Å². The average molecular weight is 263 g/mol. The zero-order chi connectivity index (χ0) is 13.3. The number of benzene rings is 1.